The summed E-state index contributed by atoms with van der Waals surface area (Å²) in [5.74, 6) is 0.00504. The lowest BCUT2D eigenvalue weighted by atomic mass is 10.3. The number of nitrogens with one attached hydrogen (secondary N) is 2. The molecule has 2 rings (SSSR count). The molecular formula is C16H14Cl2N2O2S. The zero-order chi connectivity index (χ0) is 16.8. The van der Waals surface area contributed by atoms with Gasteiger partial charge in [0, 0.05) is 23.2 Å². The number of anilines is 2. The Balaban J connectivity index is 1.86. The maximum Gasteiger partial charge on any atom is 0.234 e. The van der Waals surface area contributed by atoms with Crippen molar-refractivity contribution in [1.82, 2.24) is 0 Å². The Labute approximate surface area is 148 Å². The van der Waals surface area contributed by atoms with E-state index in [2.05, 4.69) is 10.6 Å². The van der Waals surface area contributed by atoms with E-state index in [4.69, 9.17) is 23.2 Å². The zero-order valence-electron chi connectivity index (χ0n) is 12.2. The number of benzene rings is 2. The molecule has 0 aliphatic carbocycles. The second-order valence-corrected chi connectivity index (χ2v) is 6.53. The van der Waals surface area contributed by atoms with Gasteiger partial charge in [-0.3, -0.25) is 9.59 Å². The standard InChI is InChI=1S/C16H14Cl2N2O2S/c1-10(21)19-11-2-5-13(6-3-11)23-9-16(22)20-12-4-7-14(17)15(18)8-12/h2-8H,9H2,1H3,(H,19,21)(H,20,22). The summed E-state index contributed by atoms with van der Waals surface area (Å²) in [5, 5.41) is 6.28. The van der Waals surface area contributed by atoms with Gasteiger partial charge in [0.2, 0.25) is 11.8 Å². The van der Waals surface area contributed by atoms with Gasteiger partial charge in [0.15, 0.2) is 0 Å². The second-order valence-electron chi connectivity index (χ2n) is 4.67. The number of rotatable bonds is 5. The van der Waals surface area contributed by atoms with E-state index in [1.807, 2.05) is 12.1 Å². The predicted octanol–water partition coefficient (Wildman–Crippen LogP) is 4.68. The van der Waals surface area contributed by atoms with Crippen LogP contribution in [0.3, 0.4) is 0 Å². The quantitative estimate of drug-likeness (QED) is 0.753. The minimum absolute atomic E-state index is 0.119. The molecule has 0 aliphatic rings. The van der Waals surface area contributed by atoms with Crippen LogP contribution in [-0.2, 0) is 9.59 Å². The first-order valence-electron chi connectivity index (χ1n) is 6.69. The highest BCUT2D eigenvalue weighted by molar-refractivity contribution is 8.00. The third-order valence-corrected chi connectivity index (χ3v) is 4.50. The minimum atomic E-state index is -0.140. The van der Waals surface area contributed by atoms with Gasteiger partial charge in [0.25, 0.3) is 0 Å². The van der Waals surface area contributed by atoms with Crippen molar-refractivity contribution in [2.75, 3.05) is 16.4 Å². The molecule has 0 unspecified atom stereocenters. The highest BCUT2D eigenvalue weighted by Crippen LogP contribution is 2.25. The number of hydrogen-bond acceptors (Lipinski definition) is 3. The number of hydrogen-bond donors (Lipinski definition) is 2. The third-order valence-electron chi connectivity index (χ3n) is 2.75. The summed E-state index contributed by atoms with van der Waals surface area (Å²) in [6.45, 7) is 1.45. The fourth-order valence-corrected chi connectivity index (χ4v) is 2.75. The van der Waals surface area contributed by atoms with Gasteiger partial charge in [-0.1, -0.05) is 23.2 Å². The van der Waals surface area contributed by atoms with Crippen LogP contribution in [0.15, 0.2) is 47.4 Å². The number of halogens is 2. The van der Waals surface area contributed by atoms with Crippen molar-refractivity contribution < 1.29 is 9.59 Å². The van der Waals surface area contributed by atoms with E-state index in [0.717, 1.165) is 10.6 Å². The van der Waals surface area contributed by atoms with Gasteiger partial charge in [-0.15, -0.1) is 11.8 Å². The normalized spacial score (nSPS) is 10.2. The van der Waals surface area contributed by atoms with E-state index in [1.54, 1.807) is 30.3 Å². The molecule has 2 aromatic carbocycles. The zero-order valence-corrected chi connectivity index (χ0v) is 14.6. The van der Waals surface area contributed by atoms with Crippen molar-refractivity contribution >= 4 is 58.2 Å². The van der Waals surface area contributed by atoms with E-state index in [-0.39, 0.29) is 17.6 Å². The molecule has 0 atom stereocenters. The number of carbonyl (C=O) groups is 2. The van der Waals surface area contributed by atoms with Gasteiger partial charge >= 0.3 is 0 Å². The molecule has 2 amide bonds. The first kappa shape index (κ1) is 17.7. The van der Waals surface area contributed by atoms with Crippen LogP contribution in [0.25, 0.3) is 0 Å². The van der Waals surface area contributed by atoms with Crippen molar-refractivity contribution in [3.05, 3.63) is 52.5 Å². The molecule has 2 N–H and O–H groups in total. The van der Waals surface area contributed by atoms with Gasteiger partial charge in [-0.25, -0.2) is 0 Å². The van der Waals surface area contributed by atoms with E-state index in [9.17, 15) is 9.59 Å². The Hall–Kier alpha value is -1.69. The van der Waals surface area contributed by atoms with Crippen molar-refractivity contribution in [3.8, 4) is 0 Å². The predicted molar refractivity (Wildman–Crippen MR) is 96.6 cm³/mol. The van der Waals surface area contributed by atoms with Crippen molar-refractivity contribution in [2.24, 2.45) is 0 Å². The molecule has 120 valence electrons. The first-order chi connectivity index (χ1) is 10.9. The fourth-order valence-electron chi connectivity index (χ4n) is 1.76. The van der Waals surface area contributed by atoms with Gasteiger partial charge in [-0.05, 0) is 42.5 Å². The summed E-state index contributed by atoms with van der Waals surface area (Å²) < 4.78 is 0. The van der Waals surface area contributed by atoms with Crippen LogP contribution in [0.5, 0.6) is 0 Å². The maximum atomic E-state index is 11.9. The van der Waals surface area contributed by atoms with Crippen LogP contribution < -0.4 is 10.6 Å². The summed E-state index contributed by atoms with van der Waals surface area (Å²) >= 11 is 13.1. The Morgan fingerprint density at radius 1 is 0.957 bits per heavy atom. The molecule has 7 heteroatoms. The molecule has 0 aliphatic heterocycles. The summed E-state index contributed by atoms with van der Waals surface area (Å²) in [5.41, 5.74) is 1.33. The molecule has 0 heterocycles. The number of thioether (sulfide) groups is 1. The monoisotopic (exact) mass is 368 g/mol. The lowest BCUT2D eigenvalue weighted by molar-refractivity contribution is -0.114. The molecule has 23 heavy (non-hydrogen) atoms. The SMILES string of the molecule is CC(=O)Nc1ccc(SCC(=O)Nc2ccc(Cl)c(Cl)c2)cc1. The smallest absolute Gasteiger partial charge is 0.234 e. The highest BCUT2D eigenvalue weighted by atomic mass is 35.5. The maximum absolute atomic E-state index is 11.9. The Morgan fingerprint density at radius 3 is 2.22 bits per heavy atom. The van der Waals surface area contributed by atoms with Crippen LogP contribution in [0.2, 0.25) is 10.0 Å². The van der Waals surface area contributed by atoms with Crippen molar-refractivity contribution in [2.45, 2.75) is 11.8 Å². The van der Waals surface area contributed by atoms with Gasteiger partial charge in [0.05, 0.1) is 15.8 Å². The van der Waals surface area contributed by atoms with Gasteiger partial charge in [-0.2, -0.15) is 0 Å². The van der Waals surface area contributed by atoms with E-state index in [0.29, 0.717) is 15.7 Å². The molecular weight excluding hydrogens is 355 g/mol. The lowest BCUT2D eigenvalue weighted by Gasteiger charge is -2.07. The van der Waals surface area contributed by atoms with Crippen LogP contribution in [0.1, 0.15) is 6.92 Å². The second kappa shape index (κ2) is 8.24. The summed E-state index contributed by atoms with van der Waals surface area (Å²) in [6.07, 6.45) is 0. The lowest BCUT2D eigenvalue weighted by Crippen LogP contribution is -2.13. The van der Waals surface area contributed by atoms with Crippen LogP contribution in [0, 0.1) is 0 Å². The van der Waals surface area contributed by atoms with Crippen LogP contribution in [0.4, 0.5) is 11.4 Å². The summed E-state index contributed by atoms with van der Waals surface area (Å²) in [7, 11) is 0. The largest absolute Gasteiger partial charge is 0.326 e. The number of carbonyl (C=O) groups excluding carboxylic acids is 2. The molecule has 2 aromatic rings. The Bertz CT molecular complexity index is 721. The highest BCUT2D eigenvalue weighted by Gasteiger charge is 2.06. The molecule has 0 saturated carbocycles. The topological polar surface area (TPSA) is 58.2 Å². The average Bonchev–Trinajstić information content (AvgIpc) is 2.50. The van der Waals surface area contributed by atoms with Crippen LogP contribution in [-0.4, -0.2) is 17.6 Å². The fraction of sp³-hybridized carbons (Fsp3) is 0.125. The van der Waals surface area contributed by atoms with Gasteiger partial charge in [0.1, 0.15) is 0 Å². The molecule has 0 fully saturated rings. The molecule has 0 radical (unpaired) electrons. The van der Waals surface area contributed by atoms with Crippen LogP contribution >= 0.6 is 35.0 Å². The Morgan fingerprint density at radius 2 is 1.61 bits per heavy atom. The number of amides is 2. The van der Waals surface area contributed by atoms with E-state index >= 15 is 0 Å². The summed E-state index contributed by atoms with van der Waals surface area (Å²) in [4.78, 5) is 23.8. The molecule has 0 saturated heterocycles. The molecule has 0 spiro atoms. The van der Waals surface area contributed by atoms with E-state index < -0.39 is 0 Å². The van der Waals surface area contributed by atoms with Crippen molar-refractivity contribution in [3.63, 3.8) is 0 Å². The minimum Gasteiger partial charge on any atom is -0.326 e. The average molecular weight is 369 g/mol. The van der Waals surface area contributed by atoms with Crippen molar-refractivity contribution in [1.29, 1.82) is 0 Å². The van der Waals surface area contributed by atoms with Gasteiger partial charge < -0.3 is 10.6 Å². The molecule has 4 nitrogen and oxygen atoms in total. The molecule has 0 bridgehead atoms. The summed E-state index contributed by atoms with van der Waals surface area (Å²) in [6, 6.07) is 12.2. The van der Waals surface area contributed by atoms with E-state index in [1.165, 1.54) is 18.7 Å². The Kier molecular flexibility index (Phi) is 6.33. The third kappa shape index (κ3) is 5.78. The molecule has 0 aromatic heterocycles. The first-order valence-corrected chi connectivity index (χ1v) is 8.43.